The van der Waals surface area contributed by atoms with Gasteiger partial charge in [0.15, 0.2) is 0 Å². The molecule has 1 atom stereocenters. The molecule has 1 rings (SSSR count). The molecule has 0 spiro atoms. The average Bonchev–Trinajstić information content (AvgIpc) is 2.40. The molecule has 0 aliphatic carbocycles. The standard InChI is InChI=1S/C9H17NS/c1-7(2)8(6-10)9-4-3-5-11-9/h6-7,9H,3-5,10H2,1-2H3/b8-6+. The molecule has 0 bridgehead atoms. The Bertz CT molecular complexity index is 146. The molecule has 0 aromatic rings. The lowest BCUT2D eigenvalue weighted by atomic mass is 9.98. The predicted molar refractivity (Wildman–Crippen MR) is 52.6 cm³/mol. The van der Waals surface area contributed by atoms with Crippen molar-refractivity contribution < 1.29 is 0 Å². The van der Waals surface area contributed by atoms with Crippen LogP contribution in [-0.4, -0.2) is 11.0 Å². The second-order valence-corrected chi connectivity index (χ2v) is 4.63. The first-order valence-corrected chi connectivity index (χ1v) is 5.34. The molecule has 1 unspecified atom stereocenters. The van der Waals surface area contributed by atoms with Gasteiger partial charge in [0, 0.05) is 5.25 Å². The lowest BCUT2D eigenvalue weighted by molar-refractivity contribution is 0.699. The maximum atomic E-state index is 5.58. The molecule has 1 heterocycles. The van der Waals surface area contributed by atoms with Gasteiger partial charge in [0.25, 0.3) is 0 Å². The van der Waals surface area contributed by atoms with Crippen LogP contribution in [0.4, 0.5) is 0 Å². The van der Waals surface area contributed by atoms with E-state index >= 15 is 0 Å². The third-order valence-corrected chi connectivity index (χ3v) is 3.60. The summed E-state index contributed by atoms with van der Waals surface area (Å²) in [5.74, 6) is 1.94. The molecule has 11 heavy (non-hydrogen) atoms. The summed E-state index contributed by atoms with van der Waals surface area (Å²) in [7, 11) is 0. The molecule has 1 aliphatic heterocycles. The maximum Gasteiger partial charge on any atom is 0.0276 e. The van der Waals surface area contributed by atoms with Gasteiger partial charge in [-0.3, -0.25) is 0 Å². The second kappa shape index (κ2) is 4.05. The quantitative estimate of drug-likeness (QED) is 0.690. The Morgan fingerprint density at radius 3 is 2.73 bits per heavy atom. The van der Waals surface area contributed by atoms with Gasteiger partial charge in [-0.25, -0.2) is 0 Å². The van der Waals surface area contributed by atoms with Crippen molar-refractivity contribution in [2.24, 2.45) is 11.7 Å². The highest BCUT2D eigenvalue weighted by atomic mass is 32.2. The Morgan fingerprint density at radius 1 is 1.64 bits per heavy atom. The van der Waals surface area contributed by atoms with Crippen molar-refractivity contribution in [3.8, 4) is 0 Å². The van der Waals surface area contributed by atoms with E-state index in [0.29, 0.717) is 5.92 Å². The Morgan fingerprint density at radius 2 is 2.36 bits per heavy atom. The lowest BCUT2D eigenvalue weighted by Crippen LogP contribution is -2.10. The summed E-state index contributed by atoms with van der Waals surface area (Å²) in [5, 5.41) is 0.722. The van der Waals surface area contributed by atoms with Gasteiger partial charge in [0.2, 0.25) is 0 Å². The first kappa shape index (κ1) is 8.98. The molecule has 0 aromatic heterocycles. The van der Waals surface area contributed by atoms with Crippen molar-refractivity contribution >= 4 is 11.8 Å². The van der Waals surface area contributed by atoms with Crippen LogP contribution in [0.3, 0.4) is 0 Å². The average molecular weight is 171 g/mol. The smallest absolute Gasteiger partial charge is 0.0276 e. The topological polar surface area (TPSA) is 26.0 Å². The third-order valence-electron chi connectivity index (χ3n) is 2.16. The molecule has 1 fully saturated rings. The van der Waals surface area contributed by atoms with Crippen molar-refractivity contribution in [2.75, 3.05) is 5.75 Å². The van der Waals surface area contributed by atoms with Gasteiger partial charge in [0.1, 0.15) is 0 Å². The van der Waals surface area contributed by atoms with Gasteiger partial charge in [-0.1, -0.05) is 13.8 Å². The molecule has 2 N–H and O–H groups in total. The van der Waals surface area contributed by atoms with Gasteiger partial charge in [-0.05, 0) is 36.3 Å². The van der Waals surface area contributed by atoms with Crippen LogP contribution in [0.5, 0.6) is 0 Å². The highest BCUT2D eigenvalue weighted by molar-refractivity contribution is 8.00. The maximum absolute atomic E-state index is 5.58. The fourth-order valence-electron chi connectivity index (χ4n) is 1.51. The summed E-state index contributed by atoms with van der Waals surface area (Å²) in [6, 6.07) is 0. The van der Waals surface area contributed by atoms with Gasteiger partial charge in [-0.15, -0.1) is 0 Å². The monoisotopic (exact) mass is 171 g/mol. The van der Waals surface area contributed by atoms with Crippen LogP contribution in [0.2, 0.25) is 0 Å². The zero-order chi connectivity index (χ0) is 8.27. The Balaban J connectivity index is 2.54. The summed E-state index contributed by atoms with van der Waals surface area (Å²) in [6.07, 6.45) is 4.50. The SMILES string of the molecule is CC(C)/C(=C\N)C1CCCS1. The highest BCUT2D eigenvalue weighted by Crippen LogP contribution is 2.34. The summed E-state index contributed by atoms with van der Waals surface area (Å²) in [4.78, 5) is 0. The zero-order valence-corrected chi connectivity index (χ0v) is 8.16. The lowest BCUT2D eigenvalue weighted by Gasteiger charge is -2.16. The molecular formula is C9H17NS. The molecule has 0 radical (unpaired) electrons. The minimum atomic E-state index is 0.621. The normalized spacial score (nSPS) is 26.5. The van der Waals surface area contributed by atoms with Gasteiger partial charge < -0.3 is 5.73 Å². The summed E-state index contributed by atoms with van der Waals surface area (Å²) >= 11 is 2.06. The summed E-state index contributed by atoms with van der Waals surface area (Å²) in [5.41, 5.74) is 7.02. The summed E-state index contributed by atoms with van der Waals surface area (Å²) < 4.78 is 0. The van der Waals surface area contributed by atoms with Crippen molar-refractivity contribution in [3.63, 3.8) is 0 Å². The van der Waals surface area contributed by atoms with E-state index < -0.39 is 0 Å². The fourth-order valence-corrected chi connectivity index (χ4v) is 3.01. The first-order valence-electron chi connectivity index (χ1n) is 4.29. The zero-order valence-electron chi connectivity index (χ0n) is 7.34. The van der Waals surface area contributed by atoms with Gasteiger partial charge in [-0.2, -0.15) is 11.8 Å². The molecule has 1 nitrogen and oxygen atoms in total. The van der Waals surface area contributed by atoms with E-state index in [1.165, 1.54) is 24.2 Å². The Labute approximate surface area is 73.4 Å². The fraction of sp³-hybridized carbons (Fsp3) is 0.778. The van der Waals surface area contributed by atoms with Crippen LogP contribution in [0.15, 0.2) is 11.8 Å². The third kappa shape index (κ3) is 2.16. The molecule has 0 saturated carbocycles. The van der Waals surface area contributed by atoms with E-state index in [2.05, 4.69) is 25.6 Å². The van der Waals surface area contributed by atoms with Gasteiger partial charge >= 0.3 is 0 Å². The van der Waals surface area contributed by atoms with Crippen LogP contribution in [-0.2, 0) is 0 Å². The van der Waals surface area contributed by atoms with E-state index in [9.17, 15) is 0 Å². The van der Waals surface area contributed by atoms with Crippen LogP contribution in [0.1, 0.15) is 26.7 Å². The minimum absolute atomic E-state index is 0.621. The van der Waals surface area contributed by atoms with Crippen molar-refractivity contribution in [3.05, 3.63) is 11.8 Å². The van der Waals surface area contributed by atoms with E-state index in [1.54, 1.807) is 0 Å². The van der Waals surface area contributed by atoms with E-state index in [-0.39, 0.29) is 0 Å². The van der Waals surface area contributed by atoms with Crippen LogP contribution in [0, 0.1) is 5.92 Å². The van der Waals surface area contributed by atoms with Crippen molar-refractivity contribution in [1.29, 1.82) is 0 Å². The number of hydrogen-bond acceptors (Lipinski definition) is 2. The number of nitrogens with two attached hydrogens (primary N) is 1. The van der Waals surface area contributed by atoms with Crippen molar-refractivity contribution in [2.45, 2.75) is 31.9 Å². The minimum Gasteiger partial charge on any atom is -0.405 e. The number of rotatable bonds is 2. The Kier molecular flexibility index (Phi) is 3.31. The summed E-state index contributed by atoms with van der Waals surface area (Å²) in [6.45, 7) is 4.44. The first-order chi connectivity index (χ1) is 5.25. The van der Waals surface area contributed by atoms with Crippen LogP contribution in [0.25, 0.3) is 0 Å². The molecule has 2 heteroatoms. The highest BCUT2D eigenvalue weighted by Gasteiger charge is 2.21. The molecule has 0 amide bonds. The van der Waals surface area contributed by atoms with E-state index in [1.807, 2.05) is 6.20 Å². The second-order valence-electron chi connectivity index (χ2n) is 3.32. The van der Waals surface area contributed by atoms with Crippen LogP contribution < -0.4 is 5.73 Å². The van der Waals surface area contributed by atoms with E-state index in [4.69, 9.17) is 5.73 Å². The molecular weight excluding hydrogens is 154 g/mol. The molecule has 64 valence electrons. The van der Waals surface area contributed by atoms with Crippen molar-refractivity contribution in [1.82, 2.24) is 0 Å². The van der Waals surface area contributed by atoms with E-state index in [0.717, 1.165) is 5.25 Å². The Hall–Kier alpha value is -0.110. The van der Waals surface area contributed by atoms with Crippen LogP contribution >= 0.6 is 11.8 Å². The molecule has 1 aliphatic rings. The van der Waals surface area contributed by atoms with Gasteiger partial charge in [0.05, 0.1) is 0 Å². The largest absolute Gasteiger partial charge is 0.405 e. The molecule has 1 saturated heterocycles. The predicted octanol–water partition coefficient (Wildman–Crippen LogP) is 2.38. The number of thioether (sulfide) groups is 1. The number of hydrogen-bond donors (Lipinski definition) is 1. The molecule has 0 aromatic carbocycles.